The molecule has 0 aliphatic carbocycles. The molecular formula is C14H20N2O5. The van der Waals surface area contributed by atoms with E-state index in [1.165, 1.54) is 12.6 Å². The lowest BCUT2D eigenvalue weighted by molar-refractivity contribution is 0.0481. The summed E-state index contributed by atoms with van der Waals surface area (Å²) in [5.74, 6) is -0.927. The van der Waals surface area contributed by atoms with E-state index in [0.29, 0.717) is 6.61 Å². The number of nitrogens with zero attached hydrogens (tertiary/aromatic N) is 2. The van der Waals surface area contributed by atoms with Crippen molar-refractivity contribution in [3.63, 3.8) is 0 Å². The maximum atomic E-state index is 12.1. The first-order valence-corrected chi connectivity index (χ1v) is 6.74. The molecule has 0 aliphatic heterocycles. The summed E-state index contributed by atoms with van der Waals surface area (Å²) in [5, 5.41) is 0. The fourth-order valence-electron chi connectivity index (χ4n) is 1.70. The SMILES string of the molecule is CCO/C=N/c1c(C(=O)OCC)c(C(=O)OCC)cn1C. The van der Waals surface area contributed by atoms with Crippen LogP contribution in [-0.2, 0) is 21.3 Å². The zero-order valence-electron chi connectivity index (χ0n) is 12.7. The van der Waals surface area contributed by atoms with Gasteiger partial charge in [-0.05, 0) is 20.8 Å². The van der Waals surface area contributed by atoms with Crippen molar-refractivity contribution in [1.29, 1.82) is 0 Å². The van der Waals surface area contributed by atoms with Gasteiger partial charge in [-0.2, -0.15) is 0 Å². The average molecular weight is 296 g/mol. The van der Waals surface area contributed by atoms with E-state index in [2.05, 4.69) is 4.99 Å². The van der Waals surface area contributed by atoms with Crippen LogP contribution in [0.25, 0.3) is 0 Å². The van der Waals surface area contributed by atoms with Crippen LogP contribution in [0.1, 0.15) is 41.5 Å². The highest BCUT2D eigenvalue weighted by Gasteiger charge is 2.26. The van der Waals surface area contributed by atoms with Gasteiger partial charge in [-0.3, -0.25) is 0 Å². The van der Waals surface area contributed by atoms with E-state index in [9.17, 15) is 9.59 Å². The summed E-state index contributed by atoms with van der Waals surface area (Å²) in [4.78, 5) is 28.1. The summed E-state index contributed by atoms with van der Waals surface area (Å²) in [6.07, 6.45) is 2.72. The molecule has 0 amide bonds. The number of hydrogen-bond acceptors (Lipinski definition) is 6. The monoisotopic (exact) mass is 296 g/mol. The Morgan fingerprint density at radius 2 is 1.76 bits per heavy atom. The Kier molecular flexibility index (Phi) is 6.45. The first-order valence-electron chi connectivity index (χ1n) is 6.74. The number of rotatable bonds is 7. The van der Waals surface area contributed by atoms with Gasteiger partial charge in [-0.25, -0.2) is 14.6 Å². The number of carbonyl (C=O) groups is 2. The van der Waals surface area contributed by atoms with Crippen LogP contribution in [0, 0.1) is 0 Å². The van der Waals surface area contributed by atoms with E-state index in [0.717, 1.165) is 0 Å². The van der Waals surface area contributed by atoms with Gasteiger partial charge in [0.1, 0.15) is 5.56 Å². The zero-order valence-corrected chi connectivity index (χ0v) is 12.7. The summed E-state index contributed by atoms with van der Waals surface area (Å²) in [7, 11) is 1.67. The Balaban J connectivity index is 3.28. The molecule has 0 saturated carbocycles. The smallest absolute Gasteiger partial charge is 0.342 e. The average Bonchev–Trinajstić information content (AvgIpc) is 2.77. The lowest BCUT2D eigenvalue weighted by Crippen LogP contribution is -2.12. The molecule has 0 N–H and O–H groups in total. The number of ether oxygens (including phenoxy) is 3. The Hall–Kier alpha value is -2.31. The van der Waals surface area contributed by atoms with E-state index in [-0.39, 0.29) is 30.2 Å². The molecule has 1 heterocycles. The van der Waals surface area contributed by atoms with E-state index in [4.69, 9.17) is 14.2 Å². The number of hydrogen-bond donors (Lipinski definition) is 0. The van der Waals surface area contributed by atoms with Crippen molar-refractivity contribution in [2.75, 3.05) is 19.8 Å². The standard InChI is InChI=1S/C14H20N2O5/c1-5-19-9-15-12-11(14(18)21-7-3)10(8-16(12)4)13(17)20-6-2/h8-9H,5-7H2,1-4H3/b15-9+. The Morgan fingerprint density at radius 1 is 1.14 bits per heavy atom. The quantitative estimate of drug-likeness (QED) is 0.437. The van der Waals surface area contributed by atoms with Crippen LogP contribution < -0.4 is 0 Å². The molecule has 0 radical (unpaired) electrons. The van der Waals surface area contributed by atoms with Gasteiger partial charge in [0.05, 0.1) is 25.4 Å². The molecule has 1 aromatic rings. The Morgan fingerprint density at radius 3 is 2.33 bits per heavy atom. The van der Waals surface area contributed by atoms with Crippen molar-refractivity contribution < 1.29 is 23.8 Å². The Labute approximate surface area is 123 Å². The van der Waals surface area contributed by atoms with Crippen LogP contribution in [0.4, 0.5) is 5.82 Å². The minimum Gasteiger partial charge on any atom is -0.483 e. The predicted molar refractivity (Wildman–Crippen MR) is 77.1 cm³/mol. The summed E-state index contributed by atoms with van der Waals surface area (Å²) < 4.78 is 16.5. The summed E-state index contributed by atoms with van der Waals surface area (Å²) in [5.41, 5.74) is 0.204. The molecule has 1 rings (SSSR count). The third kappa shape index (κ3) is 4.08. The third-order valence-electron chi connectivity index (χ3n) is 2.54. The number of aliphatic imine (C=N–C) groups is 1. The second-order valence-corrected chi connectivity index (χ2v) is 3.98. The van der Waals surface area contributed by atoms with Crippen LogP contribution in [-0.4, -0.2) is 42.7 Å². The van der Waals surface area contributed by atoms with Crippen LogP contribution >= 0.6 is 0 Å². The van der Waals surface area contributed by atoms with Crippen molar-refractivity contribution >= 4 is 24.2 Å². The molecule has 0 fully saturated rings. The lowest BCUT2D eigenvalue weighted by Gasteiger charge is -2.05. The van der Waals surface area contributed by atoms with E-state index >= 15 is 0 Å². The van der Waals surface area contributed by atoms with Crippen LogP contribution in [0.3, 0.4) is 0 Å². The summed E-state index contributed by atoms with van der Waals surface area (Å²) in [6.45, 7) is 6.06. The molecule has 0 aromatic carbocycles. The van der Waals surface area contributed by atoms with Crippen molar-refractivity contribution in [2.24, 2.45) is 12.0 Å². The molecule has 21 heavy (non-hydrogen) atoms. The van der Waals surface area contributed by atoms with Crippen LogP contribution in [0.2, 0.25) is 0 Å². The number of carbonyl (C=O) groups excluding carboxylic acids is 2. The van der Waals surface area contributed by atoms with E-state index in [1.807, 2.05) is 6.92 Å². The van der Waals surface area contributed by atoms with Gasteiger partial charge in [0, 0.05) is 13.2 Å². The molecule has 0 saturated heterocycles. The molecule has 116 valence electrons. The van der Waals surface area contributed by atoms with Crippen molar-refractivity contribution in [3.05, 3.63) is 17.3 Å². The van der Waals surface area contributed by atoms with Gasteiger partial charge < -0.3 is 18.8 Å². The molecule has 0 unspecified atom stereocenters. The second-order valence-electron chi connectivity index (χ2n) is 3.98. The molecule has 7 nitrogen and oxygen atoms in total. The van der Waals surface area contributed by atoms with Crippen LogP contribution in [0.15, 0.2) is 11.2 Å². The van der Waals surface area contributed by atoms with E-state index < -0.39 is 11.9 Å². The normalized spacial score (nSPS) is 10.7. The fraction of sp³-hybridized carbons (Fsp3) is 0.500. The molecule has 1 aromatic heterocycles. The maximum Gasteiger partial charge on any atom is 0.342 e. The predicted octanol–water partition coefficient (Wildman–Crippen LogP) is 2.07. The lowest BCUT2D eigenvalue weighted by atomic mass is 10.2. The highest BCUT2D eigenvalue weighted by molar-refractivity contribution is 6.06. The van der Waals surface area contributed by atoms with Gasteiger partial charge in [0.25, 0.3) is 0 Å². The third-order valence-corrected chi connectivity index (χ3v) is 2.54. The number of aromatic nitrogens is 1. The largest absolute Gasteiger partial charge is 0.483 e. The van der Waals surface area contributed by atoms with Crippen molar-refractivity contribution in [3.8, 4) is 0 Å². The van der Waals surface area contributed by atoms with Gasteiger partial charge in [-0.1, -0.05) is 0 Å². The molecule has 0 spiro atoms. The minimum absolute atomic E-state index is 0.0775. The Bertz CT molecular complexity index is 534. The van der Waals surface area contributed by atoms with Crippen molar-refractivity contribution in [1.82, 2.24) is 4.57 Å². The highest BCUT2D eigenvalue weighted by atomic mass is 16.5. The molecule has 0 bridgehead atoms. The highest BCUT2D eigenvalue weighted by Crippen LogP contribution is 2.26. The number of esters is 2. The maximum absolute atomic E-state index is 12.1. The topological polar surface area (TPSA) is 79.1 Å². The molecule has 7 heteroatoms. The second kappa shape index (κ2) is 8.08. The van der Waals surface area contributed by atoms with E-state index in [1.54, 1.807) is 25.5 Å². The first-order chi connectivity index (χ1) is 10.1. The summed E-state index contributed by atoms with van der Waals surface area (Å²) >= 11 is 0. The zero-order chi connectivity index (χ0) is 15.8. The molecule has 0 atom stereocenters. The number of aryl methyl sites for hydroxylation is 1. The van der Waals surface area contributed by atoms with Gasteiger partial charge in [0.2, 0.25) is 0 Å². The van der Waals surface area contributed by atoms with Crippen molar-refractivity contribution in [2.45, 2.75) is 20.8 Å². The van der Waals surface area contributed by atoms with Gasteiger partial charge >= 0.3 is 11.9 Å². The van der Waals surface area contributed by atoms with Gasteiger partial charge in [-0.15, -0.1) is 0 Å². The molecule has 0 aliphatic rings. The van der Waals surface area contributed by atoms with Crippen LogP contribution in [0.5, 0.6) is 0 Å². The first kappa shape index (κ1) is 16.7. The molecular weight excluding hydrogens is 276 g/mol. The minimum atomic E-state index is -0.621. The van der Waals surface area contributed by atoms with Gasteiger partial charge in [0.15, 0.2) is 12.2 Å². The summed E-state index contributed by atoms with van der Waals surface area (Å²) in [6, 6.07) is 0. The fourth-order valence-corrected chi connectivity index (χ4v) is 1.70.